The molecule has 2 rings (SSSR count). The van der Waals surface area contributed by atoms with E-state index in [1.165, 1.54) is 38.9 Å². The molecule has 0 bridgehead atoms. The van der Waals surface area contributed by atoms with Crippen LogP contribution in [-0.2, 0) is 27.1 Å². The Hall–Kier alpha value is -1.56. The molecule has 0 amide bonds. The lowest BCUT2D eigenvalue weighted by Gasteiger charge is -2.38. The minimum Gasteiger partial charge on any atom is -0.0645 e. The Balaban J connectivity index is 3.07. The molecule has 0 heterocycles. The molecule has 0 saturated carbocycles. The van der Waals surface area contributed by atoms with Crippen LogP contribution in [0.4, 0.5) is 0 Å². The van der Waals surface area contributed by atoms with Crippen LogP contribution < -0.4 is 0 Å². The first-order valence-electron chi connectivity index (χ1n) is 13.8. The molecule has 196 valence electrons. The van der Waals surface area contributed by atoms with E-state index in [1.807, 2.05) is 0 Å². The highest BCUT2D eigenvalue weighted by Gasteiger charge is 2.34. The van der Waals surface area contributed by atoms with Gasteiger partial charge in [-0.25, -0.2) is 0 Å². The molecule has 0 aliphatic rings. The largest absolute Gasteiger partial charge is 0.0645 e. The van der Waals surface area contributed by atoms with Crippen LogP contribution >= 0.6 is 0 Å². The van der Waals surface area contributed by atoms with E-state index in [0.29, 0.717) is 5.92 Å². The summed E-state index contributed by atoms with van der Waals surface area (Å²) in [6.07, 6.45) is 1.10. The first-order valence-corrected chi connectivity index (χ1v) is 13.8. The van der Waals surface area contributed by atoms with Crippen molar-refractivity contribution < 1.29 is 0 Å². The van der Waals surface area contributed by atoms with Crippen molar-refractivity contribution >= 4 is 0 Å². The number of rotatable bonds is 3. The van der Waals surface area contributed by atoms with Gasteiger partial charge in [0.2, 0.25) is 0 Å². The van der Waals surface area contributed by atoms with Gasteiger partial charge in [0, 0.05) is 5.92 Å². The Bertz CT molecular complexity index is 1030. The zero-order chi connectivity index (χ0) is 27.4. The molecule has 35 heavy (non-hydrogen) atoms. The first-order chi connectivity index (χ1) is 15.5. The maximum atomic E-state index is 2.60. The van der Waals surface area contributed by atoms with E-state index in [-0.39, 0.29) is 27.1 Å². The summed E-state index contributed by atoms with van der Waals surface area (Å²) in [6.45, 7) is 38.0. The molecule has 0 aliphatic carbocycles. The van der Waals surface area contributed by atoms with Gasteiger partial charge in [0.25, 0.3) is 0 Å². The topological polar surface area (TPSA) is 0 Å². The molecule has 0 aromatic heterocycles. The van der Waals surface area contributed by atoms with E-state index >= 15 is 0 Å². The van der Waals surface area contributed by atoms with Crippen molar-refractivity contribution in [1.29, 1.82) is 0 Å². The fraction of sp³-hybridized carbons (Fsp3) is 0.657. The molecule has 0 spiro atoms. The fourth-order valence-corrected chi connectivity index (χ4v) is 5.73. The zero-order valence-electron chi connectivity index (χ0n) is 26.2. The van der Waals surface area contributed by atoms with Crippen molar-refractivity contribution in [3.63, 3.8) is 0 Å². The summed E-state index contributed by atoms with van der Waals surface area (Å²) in [5.41, 5.74) is 11.0. The number of hydrogen-bond acceptors (Lipinski definition) is 0. The lowest BCUT2D eigenvalue weighted by Crippen LogP contribution is -2.28. The lowest BCUT2D eigenvalue weighted by atomic mass is 9.66. The van der Waals surface area contributed by atoms with Gasteiger partial charge in [-0.05, 0) is 72.4 Å². The van der Waals surface area contributed by atoms with Gasteiger partial charge in [0.1, 0.15) is 0 Å². The predicted molar refractivity (Wildman–Crippen MR) is 159 cm³/mol. The summed E-state index contributed by atoms with van der Waals surface area (Å²) in [7, 11) is 0. The summed E-state index contributed by atoms with van der Waals surface area (Å²) >= 11 is 0. The molecular weight excluding hydrogens is 420 g/mol. The second kappa shape index (κ2) is 9.39. The average molecular weight is 477 g/mol. The molecule has 0 nitrogen and oxygen atoms in total. The summed E-state index contributed by atoms with van der Waals surface area (Å²) in [6, 6.07) is 12.3. The Kier molecular flexibility index (Phi) is 7.96. The SMILES string of the molecule is CCC(c1cc(C(C)(C)C)c(C(C)(C)C)cc1C(C)(C)C)c1cccc(C(C)(C)C)c1C(C)(C)C. The minimum atomic E-state index is 0.0721. The molecule has 2 aromatic carbocycles. The molecule has 0 heteroatoms. The molecule has 2 aromatic rings. The highest BCUT2D eigenvalue weighted by molar-refractivity contribution is 5.54. The standard InChI is InChI=1S/C35H56/c1-17-23(24-19-18-20-26(31(2,3)4)30(24)35(14,15)16)25-21-28(33(8,9)10)29(34(11,12)13)22-27(25)32(5,6)7/h18-23H,17H2,1-16H3. The third kappa shape index (κ3) is 6.42. The Labute approximate surface area is 219 Å². The third-order valence-corrected chi connectivity index (χ3v) is 7.43. The molecule has 0 radical (unpaired) electrons. The maximum Gasteiger partial charge on any atom is 0.00928 e. The summed E-state index contributed by atoms with van der Waals surface area (Å²) in [5.74, 6) is 0.371. The van der Waals surface area contributed by atoms with Gasteiger partial charge in [0.05, 0.1) is 0 Å². The van der Waals surface area contributed by atoms with Gasteiger partial charge in [-0.3, -0.25) is 0 Å². The molecule has 0 aliphatic heterocycles. The van der Waals surface area contributed by atoms with Crippen LogP contribution in [0.25, 0.3) is 0 Å². The van der Waals surface area contributed by atoms with Gasteiger partial charge in [0.15, 0.2) is 0 Å². The van der Waals surface area contributed by atoms with Crippen LogP contribution in [0.3, 0.4) is 0 Å². The van der Waals surface area contributed by atoms with Crippen molar-refractivity contribution in [3.8, 4) is 0 Å². The molecule has 0 saturated heterocycles. The first kappa shape index (κ1) is 29.7. The highest BCUT2D eigenvalue weighted by atomic mass is 14.4. The maximum absolute atomic E-state index is 2.60. The highest BCUT2D eigenvalue weighted by Crippen LogP contribution is 2.46. The van der Waals surface area contributed by atoms with E-state index in [2.05, 4.69) is 141 Å². The normalized spacial score (nSPS) is 14.9. The number of hydrogen-bond donors (Lipinski definition) is 0. The van der Waals surface area contributed by atoms with Crippen LogP contribution in [0.15, 0.2) is 30.3 Å². The van der Waals surface area contributed by atoms with E-state index in [0.717, 1.165) is 6.42 Å². The van der Waals surface area contributed by atoms with E-state index in [4.69, 9.17) is 0 Å². The molecule has 1 atom stereocenters. The average Bonchev–Trinajstić information content (AvgIpc) is 2.64. The monoisotopic (exact) mass is 476 g/mol. The Morgan fingerprint density at radius 2 is 0.914 bits per heavy atom. The predicted octanol–water partition coefficient (Wildman–Crippen LogP) is 10.7. The van der Waals surface area contributed by atoms with Crippen LogP contribution in [-0.4, -0.2) is 0 Å². The molecular formula is C35H56. The summed E-state index contributed by atoms with van der Waals surface area (Å²) in [4.78, 5) is 0. The van der Waals surface area contributed by atoms with E-state index in [1.54, 1.807) is 0 Å². The van der Waals surface area contributed by atoms with Crippen molar-refractivity contribution in [1.82, 2.24) is 0 Å². The van der Waals surface area contributed by atoms with Crippen molar-refractivity contribution in [2.75, 3.05) is 0 Å². The second-order valence-corrected chi connectivity index (χ2v) is 16.0. The van der Waals surface area contributed by atoms with Crippen molar-refractivity contribution in [2.45, 2.75) is 150 Å². The van der Waals surface area contributed by atoms with Gasteiger partial charge in [-0.15, -0.1) is 0 Å². The van der Waals surface area contributed by atoms with Crippen molar-refractivity contribution in [2.24, 2.45) is 0 Å². The van der Waals surface area contributed by atoms with Gasteiger partial charge in [-0.1, -0.05) is 141 Å². The minimum absolute atomic E-state index is 0.0721. The molecule has 0 N–H and O–H groups in total. The van der Waals surface area contributed by atoms with Gasteiger partial charge in [-0.2, -0.15) is 0 Å². The third-order valence-electron chi connectivity index (χ3n) is 7.43. The summed E-state index contributed by atoms with van der Waals surface area (Å²) < 4.78 is 0. The van der Waals surface area contributed by atoms with Gasteiger partial charge < -0.3 is 0 Å². The molecule has 1 unspecified atom stereocenters. The van der Waals surface area contributed by atoms with Crippen LogP contribution in [0.2, 0.25) is 0 Å². The van der Waals surface area contributed by atoms with Crippen LogP contribution in [0, 0.1) is 0 Å². The summed E-state index contributed by atoms with van der Waals surface area (Å²) in [5, 5.41) is 0. The quantitative estimate of drug-likeness (QED) is 0.413. The zero-order valence-corrected chi connectivity index (χ0v) is 26.2. The fourth-order valence-electron chi connectivity index (χ4n) is 5.73. The lowest BCUT2D eigenvalue weighted by molar-refractivity contribution is 0.511. The van der Waals surface area contributed by atoms with Gasteiger partial charge >= 0.3 is 0 Å². The molecule has 0 fully saturated rings. The van der Waals surface area contributed by atoms with Crippen LogP contribution in [0.1, 0.15) is 162 Å². The van der Waals surface area contributed by atoms with Crippen molar-refractivity contribution in [3.05, 3.63) is 69.3 Å². The second-order valence-electron chi connectivity index (χ2n) is 16.0. The number of benzene rings is 2. The Morgan fingerprint density at radius 3 is 1.29 bits per heavy atom. The van der Waals surface area contributed by atoms with Crippen LogP contribution in [0.5, 0.6) is 0 Å². The smallest absolute Gasteiger partial charge is 0.00928 e. The van der Waals surface area contributed by atoms with E-state index < -0.39 is 0 Å². The van der Waals surface area contributed by atoms with E-state index in [9.17, 15) is 0 Å². The Morgan fingerprint density at radius 1 is 0.486 bits per heavy atom.